The average Bonchev–Trinajstić information content (AvgIpc) is 3.87. The molecule has 0 aromatic rings. The molecule has 0 radical (unpaired) electrons. The van der Waals surface area contributed by atoms with Gasteiger partial charge >= 0.3 is 73.8 Å². The number of Topliss-reactive ketones (excluding diaryl/α,β-unsaturated/α-hetero) is 1. The first-order valence-corrected chi connectivity index (χ1v) is 24.6. The van der Waals surface area contributed by atoms with E-state index in [0.29, 0.717) is 28.4 Å². The smallest absolute Gasteiger partial charge is 0 e. The largest absolute Gasteiger partial charge is 0 e. The first-order valence-electron chi connectivity index (χ1n) is 24.6. The molecular formula is C60H80Fe3O12. The Morgan fingerprint density at radius 2 is 1.01 bits per heavy atom. The van der Waals surface area contributed by atoms with Gasteiger partial charge in [0.2, 0.25) is 0 Å². The van der Waals surface area contributed by atoms with Crippen LogP contribution in [0.4, 0.5) is 0 Å². The molecule has 0 unspecified atom stereocenters. The summed E-state index contributed by atoms with van der Waals surface area (Å²) in [4.78, 5) is 50.7. The maximum atomic E-state index is 12.4. The van der Waals surface area contributed by atoms with E-state index in [9.17, 15) is 9.59 Å². The summed E-state index contributed by atoms with van der Waals surface area (Å²) < 4.78 is 50.7. The first kappa shape index (κ1) is 82.9. The van der Waals surface area contributed by atoms with Crippen LogP contribution >= 0.6 is 0 Å². The van der Waals surface area contributed by atoms with E-state index in [0.717, 1.165) is 56.4 Å². The number of fused-ring (bicyclic) bond motifs is 9. The molecule has 9 rings (SSSR count). The number of allylic oxidation sites excluding steroid dienone is 11. The molecule has 0 amide bonds. The van der Waals surface area contributed by atoms with Crippen molar-refractivity contribution in [3.63, 3.8) is 0 Å². The van der Waals surface area contributed by atoms with E-state index in [-0.39, 0.29) is 80.0 Å². The molecule has 9 aliphatic rings. The Balaban J connectivity index is -0.000000201. The predicted molar refractivity (Wildman–Crippen MR) is 269 cm³/mol. The maximum absolute atomic E-state index is 12.4. The maximum Gasteiger partial charge on any atom is 0 e. The number of aldehydes is 3. The molecule has 8 aliphatic carbocycles. The van der Waals surface area contributed by atoms with E-state index in [2.05, 4.69) is 126 Å². The molecular weight excluding hydrogens is 1080 g/mol. The summed E-state index contributed by atoms with van der Waals surface area (Å²) in [7, 11) is 0. The second kappa shape index (κ2) is 42.6. The Kier molecular flexibility index (Phi) is 47.1. The van der Waals surface area contributed by atoms with Gasteiger partial charge in [0.1, 0.15) is 30.7 Å². The van der Waals surface area contributed by atoms with Gasteiger partial charge in [0, 0.05) is 69.0 Å². The van der Waals surface area contributed by atoms with Gasteiger partial charge in [-0.05, 0) is 177 Å². The zero-order chi connectivity index (χ0) is 56.6. The van der Waals surface area contributed by atoms with Crippen molar-refractivity contribution in [3.8, 4) is 0 Å². The molecule has 1 heterocycles. The Labute approximate surface area is 481 Å². The molecule has 0 aromatic heterocycles. The van der Waals surface area contributed by atoms with Crippen LogP contribution in [0.2, 0.25) is 0 Å². The van der Waals surface area contributed by atoms with Crippen molar-refractivity contribution < 1.29 is 108 Å². The van der Waals surface area contributed by atoms with E-state index in [4.69, 9.17) is 47.0 Å². The molecule has 1 aliphatic heterocycles. The summed E-state index contributed by atoms with van der Waals surface area (Å²) in [5, 5.41) is 0. The molecule has 0 bridgehead atoms. The van der Waals surface area contributed by atoms with Gasteiger partial charge in [-0.1, -0.05) is 99.3 Å². The van der Waals surface area contributed by atoms with Crippen molar-refractivity contribution in [2.24, 2.45) is 51.2 Å². The molecule has 0 spiro atoms. The molecule has 0 aromatic carbocycles. The molecule has 10 atom stereocenters. The minimum atomic E-state index is 0. The fourth-order valence-corrected chi connectivity index (χ4v) is 12.8. The summed E-state index contributed by atoms with van der Waals surface area (Å²) >= 11 is 0. The van der Waals surface area contributed by atoms with E-state index in [1.807, 2.05) is 6.92 Å². The summed E-state index contributed by atoms with van der Waals surface area (Å²) in [6.07, 6.45) is 32.9. The Hall–Kier alpha value is -3.41. The van der Waals surface area contributed by atoms with Crippen LogP contribution in [0, 0.1) is 91.2 Å². The van der Waals surface area contributed by atoms with Gasteiger partial charge in [-0.25, -0.2) is 0 Å². The van der Waals surface area contributed by atoms with Crippen molar-refractivity contribution in [2.45, 2.75) is 186 Å². The SMILES string of the molecule is CC1=CC[C@@]2(C)C(=C1)CC[C@@H]1[C@@H]2CC[C@]2(C)C(=O)CC[C@@H]12.CC1=CC[C@]2(C)CCCCC2=C1.CC1=CC[C@]2(C)CC[C@H]3[C@H](C)C(=O)O[C@@H]3C2=C1C.CC=O.CC=O.CC=O.[C-]#[O+].[C-]#[O+].[C-]#[O+].[C-]#[O+].[C-]#[O+].[C-]#[O+].[Fe].[Fe].[Fe]. The molecule has 0 N–H and O–H groups in total. The van der Waals surface area contributed by atoms with Crippen LogP contribution in [0.3, 0.4) is 0 Å². The minimum absolute atomic E-state index is 0. The number of ketones is 1. The van der Waals surface area contributed by atoms with Gasteiger partial charge in [0.15, 0.2) is 0 Å². The summed E-state index contributed by atoms with van der Waals surface area (Å²) in [5.41, 5.74) is 11.7. The van der Waals surface area contributed by atoms with Crippen LogP contribution in [0.5, 0.6) is 0 Å². The van der Waals surface area contributed by atoms with Crippen LogP contribution in [0.1, 0.15) is 179 Å². The molecule has 416 valence electrons. The Morgan fingerprint density at radius 3 is 1.53 bits per heavy atom. The standard InChI is InChI=1S/C20H28O.C16H22O2.C12H18.3C2H4O.6CO.3Fe/c1-13-8-10-19(2)14(12-13)4-5-15-16-6-7-18(21)20(16,3)11-9-17(15)19;1-9-5-7-16(4)8-6-12-11(3)15(17)18-14(12)13(16)10(9)2;1-10-6-8-12(2)7-4-3-5-11(12)9-10;3*1-2-3;6*1-2;;;/h8,12,15-17H,4-7,9-11H2,1-3H3;5,11-12,14H,6-8H2,1-4H3;6,9H,3-5,7-8H2,1-2H3;3*2H,1H3;;;;;;;;;/t15-,16-,17-,19-,20-;11-,12-,14-,16+;12-;;;;;;;;;;;;/m000............/s1. The van der Waals surface area contributed by atoms with Gasteiger partial charge in [0.25, 0.3) is 0 Å². The number of carbonyl (C=O) groups excluding carboxylic acids is 5. The molecule has 75 heavy (non-hydrogen) atoms. The van der Waals surface area contributed by atoms with Gasteiger partial charge in [-0.15, -0.1) is 0 Å². The average molecular weight is 1160 g/mol. The number of carbonyl (C=O) groups is 5. The zero-order valence-corrected chi connectivity index (χ0v) is 49.5. The van der Waals surface area contributed by atoms with Crippen molar-refractivity contribution in [1.82, 2.24) is 0 Å². The van der Waals surface area contributed by atoms with Crippen LogP contribution in [0.15, 0.2) is 69.4 Å². The number of hydrogen-bond acceptors (Lipinski definition) is 6. The van der Waals surface area contributed by atoms with Crippen molar-refractivity contribution in [3.05, 3.63) is 109 Å². The first-order chi connectivity index (χ1) is 34.3. The molecule has 15 heteroatoms. The number of hydrogen-bond donors (Lipinski definition) is 0. The molecule has 1 saturated heterocycles. The summed E-state index contributed by atoms with van der Waals surface area (Å²) in [6.45, 7) is 51.7. The van der Waals surface area contributed by atoms with Gasteiger partial charge in [-0.2, -0.15) is 0 Å². The third-order valence-electron chi connectivity index (χ3n) is 16.6. The van der Waals surface area contributed by atoms with Crippen molar-refractivity contribution in [1.29, 1.82) is 0 Å². The van der Waals surface area contributed by atoms with E-state index in [1.54, 1.807) is 11.1 Å². The van der Waals surface area contributed by atoms with Crippen LogP contribution in [-0.2, 0) is 108 Å². The zero-order valence-electron chi connectivity index (χ0n) is 46.1. The summed E-state index contributed by atoms with van der Waals surface area (Å²) in [6, 6.07) is 0. The van der Waals surface area contributed by atoms with Gasteiger partial charge in [0.05, 0.1) is 5.92 Å². The van der Waals surface area contributed by atoms with E-state index >= 15 is 0 Å². The second-order valence-electron chi connectivity index (χ2n) is 20.4. The fourth-order valence-electron chi connectivity index (χ4n) is 12.8. The third kappa shape index (κ3) is 21.4. The molecule has 5 saturated carbocycles. The van der Waals surface area contributed by atoms with E-state index in [1.165, 1.54) is 119 Å². The predicted octanol–water partition coefficient (Wildman–Crippen LogP) is 12.9. The molecule has 6 fully saturated rings. The van der Waals surface area contributed by atoms with Gasteiger partial charge < -0.3 is 19.1 Å². The topological polar surface area (TPSA) is 214 Å². The second-order valence-corrected chi connectivity index (χ2v) is 20.4. The quantitative estimate of drug-likeness (QED) is 0.0755. The Morgan fingerprint density at radius 1 is 0.547 bits per heavy atom. The monoisotopic (exact) mass is 1160 g/mol. The number of ether oxygens (including phenoxy) is 1. The number of rotatable bonds is 0. The van der Waals surface area contributed by atoms with E-state index < -0.39 is 0 Å². The minimum Gasteiger partial charge on any atom is 0 e. The summed E-state index contributed by atoms with van der Waals surface area (Å²) in [5.74, 6) is 3.33. The van der Waals surface area contributed by atoms with Crippen LogP contribution in [0.25, 0.3) is 0 Å². The van der Waals surface area contributed by atoms with Crippen LogP contribution in [-0.4, -0.2) is 36.7 Å². The Bertz CT molecular complexity index is 2060. The van der Waals surface area contributed by atoms with Crippen molar-refractivity contribution >= 4 is 30.6 Å². The number of esters is 1. The molecule has 12 nitrogen and oxygen atoms in total. The van der Waals surface area contributed by atoms with Crippen LogP contribution < -0.4 is 0 Å². The third-order valence-corrected chi connectivity index (χ3v) is 16.6. The van der Waals surface area contributed by atoms with Crippen molar-refractivity contribution in [2.75, 3.05) is 0 Å². The van der Waals surface area contributed by atoms with Gasteiger partial charge in [-0.3, -0.25) is 9.59 Å². The fraction of sp³-hybridized carbons (Fsp3) is 0.617. The normalized spacial score (nSPS) is 30.4.